The summed E-state index contributed by atoms with van der Waals surface area (Å²) in [5.41, 5.74) is 2.99. The minimum Gasteiger partial charge on any atom is -0.294 e. The van der Waals surface area contributed by atoms with E-state index in [0.717, 1.165) is 20.8 Å². The van der Waals surface area contributed by atoms with Crippen molar-refractivity contribution in [2.75, 3.05) is 0 Å². The molecule has 0 radical (unpaired) electrons. The summed E-state index contributed by atoms with van der Waals surface area (Å²) in [6.45, 7) is 4.30. The Labute approximate surface area is 128 Å². The Morgan fingerprint density at radius 3 is 2.48 bits per heavy atom. The van der Waals surface area contributed by atoms with Gasteiger partial charge in [0.2, 0.25) is 0 Å². The lowest BCUT2D eigenvalue weighted by atomic mass is 10.00. The minimum absolute atomic E-state index is 0.129. The number of carbonyl (C=O) groups is 1. The van der Waals surface area contributed by atoms with E-state index in [9.17, 15) is 4.79 Å². The van der Waals surface area contributed by atoms with E-state index in [2.05, 4.69) is 18.8 Å². The predicted molar refractivity (Wildman–Crippen MR) is 88.2 cm³/mol. The zero-order valence-corrected chi connectivity index (χ0v) is 13.0. The van der Waals surface area contributed by atoms with Crippen molar-refractivity contribution in [2.24, 2.45) is 0 Å². The molecule has 0 atom stereocenters. The quantitative estimate of drug-likeness (QED) is 0.644. The van der Waals surface area contributed by atoms with Gasteiger partial charge in [-0.15, -0.1) is 11.3 Å². The van der Waals surface area contributed by atoms with Crippen LogP contribution in [0.25, 0.3) is 10.2 Å². The van der Waals surface area contributed by atoms with E-state index in [0.29, 0.717) is 12.3 Å². The number of carbonyl (C=O) groups excluding carboxylic acids is 1. The maximum Gasteiger partial charge on any atom is 0.169 e. The monoisotopic (exact) mass is 295 g/mol. The number of fused-ring (bicyclic) bond motifs is 1. The number of ketones is 1. The lowest BCUT2D eigenvalue weighted by Gasteiger charge is -2.05. The second kappa shape index (κ2) is 5.78. The Morgan fingerprint density at radius 2 is 1.81 bits per heavy atom. The molecule has 0 saturated heterocycles. The first-order chi connectivity index (χ1) is 10.1. The zero-order chi connectivity index (χ0) is 14.8. The summed E-state index contributed by atoms with van der Waals surface area (Å²) in [6, 6.07) is 15.9. The Kier molecular flexibility index (Phi) is 3.84. The summed E-state index contributed by atoms with van der Waals surface area (Å²) < 4.78 is 1.13. The molecule has 2 aromatic carbocycles. The molecule has 0 N–H and O–H groups in total. The summed E-state index contributed by atoms with van der Waals surface area (Å²) in [4.78, 5) is 16.9. The molecule has 0 saturated carbocycles. The molecule has 0 bridgehead atoms. The topological polar surface area (TPSA) is 30.0 Å². The van der Waals surface area contributed by atoms with Gasteiger partial charge in [0, 0.05) is 5.56 Å². The second-order valence-electron chi connectivity index (χ2n) is 5.45. The highest BCUT2D eigenvalue weighted by molar-refractivity contribution is 7.18. The van der Waals surface area contributed by atoms with Crippen molar-refractivity contribution >= 4 is 27.3 Å². The summed E-state index contributed by atoms with van der Waals surface area (Å²) in [5.74, 6) is 0.614. The van der Waals surface area contributed by atoms with Gasteiger partial charge in [-0.1, -0.05) is 50.2 Å². The van der Waals surface area contributed by atoms with Crippen LogP contribution in [0.2, 0.25) is 0 Å². The van der Waals surface area contributed by atoms with Gasteiger partial charge in [-0.2, -0.15) is 0 Å². The molecular formula is C18H17NOS. The SMILES string of the molecule is CC(C)c1ccc(C(=O)Cc2nc3ccccc3s2)cc1. The molecule has 2 nitrogen and oxygen atoms in total. The van der Waals surface area contributed by atoms with Gasteiger partial charge in [-0.05, 0) is 23.6 Å². The number of benzene rings is 2. The molecule has 106 valence electrons. The first-order valence-electron chi connectivity index (χ1n) is 7.11. The van der Waals surface area contributed by atoms with Gasteiger partial charge < -0.3 is 0 Å². The highest BCUT2D eigenvalue weighted by atomic mass is 32.1. The standard InChI is InChI=1S/C18H17NOS/c1-12(2)13-7-9-14(10-8-13)16(20)11-18-19-15-5-3-4-6-17(15)21-18/h3-10,12H,11H2,1-2H3. The molecule has 1 heterocycles. The van der Waals surface area contributed by atoms with Gasteiger partial charge in [0.1, 0.15) is 5.01 Å². The molecule has 0 aliphatic rings. The molecule has 21 heavy (non-hydrogen) atoms. The molecule has 0 spiro atoms. The first kappa shape index (κ1) is 14.0. The van der Waals surface area contributed by atoms with Crippen LogP contribution in [0.3, 0.4) is 0 Å². The van der Waals surface area contributed by atoms with Crippen molar-refractivity contribution in [1.29, 1.82) is 0 Å². The normalized spacial score (nSPS) is 11.2. The molecule has 0 amide bonds. The van der Waals surface area contributed by atoms with Crippen molar-refractivity contribution in [1.82, 2.24) is 4.98 Å². The fourth-order valence-corrected chi connectivity index (χ4v) is 3.25. The zero-order valence-electron chi connectivity index (χ0n) is 12.2. The van der Waals surface area contributed by atoms with Crippen molar-refractivity contribution in [2.45, 2.75) is 26.2 Å². The maximum absolute atomic E-state index is 12.3. The van der Waals surface area contributed by atoms with E-state index in [1.807, 2.05) is 48.5 Å². The number of nitrogens with zero attached hydrogens (tertiary/aromatic N) is 1. The smallest absolute Gasteiger partial charge is 0.169 e. The van der Waals surface area contributed by atoms with Gasteiger partial charge in [0.15, 0.2) is 5.78 Å². The molecule has 0 unspecified atom stereocenters. The van der Waals surface area contributed by atoms with Gasteiger partial charge in [0.25, 0.3) is 0 Å². The van der Waals surface area contributed by atoms with Crippen molar-refractivity contribution in [3.05, 3.63) is 64.7 Å². The minimum atomic E-state index is 0.129. The molecule has 3 heteroatoms. The van der Waals surface area contributed by atoms with Crippen LogP contribution >= 0.6 is 11.3 Å². The number of thiazole rings is 1. The Morgan fingerprint density at radius 1 is 1.10 bits per heavy atom. The third kappa shape index (κ3) is 3.03. The predicted octanol–water partition coefficient (Wildman–Crippen LogP) is 4.85. The maximum atomic E-state index is 12.3. The summed E-state index contributed by atoms with van der Waals surface area (Å²) in [5, 5.41) is 0.883. The number of hydrogen-bond acceptors (Lipinski definition) is 3. The number of Topliss-reactive ketones (excluding diaryl/α,β-unsaturated/α-hetero) is 1. The summed E-state index contributed by atoms with van der Waals surface area (Å²) in [7, 11) is 0. The molecule has 3 aromatic rings. The Hall–Kier alpha value is -2.00. The van der Waals surface area contributed by atoms with E-state index in [4.69, 9.17) is 0 Å². The van der Waals surface area contributed by atoms with Crippen molar-refractivity contribution < 1.29 is 4.79 Å². The van der Waals surface area contributed by atoms with Crippen LogP contribution in [0.4, 0.5) is 0 Å². The molecule has 0 aliphatic heterocycles. The van der Waals surface area contributed by atoms with Crippen LogP contribution in [0.15, 0.2) is 48.5 Å². The van der Waals surface area contributed by atoms with Gasteiger partial charge in [-0.25, -0.2) is 4.98 Å². The number of hydrogen-bond donors (Lipinski definition) is 0. The molecule has 1 aromatic heterocycles. The van der Waals surface area contributed by atoms with Crippen LogP contribution < -0.4 is 0 Å². The van der Waals surface area contributed by atoms with Gasteiger partial charge in [0.05, 0.1) is 16.6 Å². The Bertz CT molecular complexity index is 738. The number of rotatable bonds is 4. The average Bonchev–Trinajstić information content (AvgIpc) is 2.89. The van der Waals surface area contributed by atoms with Gasteiger partial charge >= 0.3 is 0 Å². The summed E-state index contributed by atoms with van der Waals surface area (Å²) >= 11 is 1.60. The van der Waals surface area contributed by atoms with E-state index >= 15 is 0 Å². The highest BCUT2D eigenvalue weighted by Gasteiger charge is 2.11. The number of para-hydroxylation sites is 1. The average molecular weight is 295 g/mol. The van der Waals surface area contributed by atoms with E-state index in [1.54, 1.807) is 11.3 Å². The third-order valence-corrected chi connectivity index (χ3v) is 4.59. The van der Waals surface area contributed by atoms with Crippen LogP contribution in [-0.4, -0.2) is 10.8 Å². The van der Waals surface area contributed by atoms with Crippen LogP contribution in [0, 0.1) is 0 Å². The second-order valence-corrected chi connectivity index (χ2v) is 6.57. The number of aromatic nitrogens is 1. The molecular weight excluding hydrogens is 278 g/mol. The lowest BCUT2D eigenvalue weighted by Crippen LogP contribution is -2.03. The summed E-state index contributed by atoms with van der Waals surface area (Å²) in [6.07, 6.45) is 0.375. The van der Waals surface area contributed by atoms with E-state index in [1.165, 1.54) is 5.56 Å². The molecule has 0 aliphatic carbocycles. The van der Waals surface area contributed by atoms with Crippen LogP contribution in [0.1, 0.15) is 40.7 Å². The van der Waals surface area contributed by atoms with Crippen molar-refractivity contribution in [3.63, 3.8) is 0 Å². The third-order valence-electron chi connectivity index (χ3n) is 3.55. The van der Waals surface area contributed by atoms with Crippen LogP contribution in [-0.2, 0) is 6.42 Å². The molecule has 3 rings (SSSR count). The fraction of sp³-hybridized carbons (Fsp3) is 0.222. The first-order valence-corrected chi connectivity index (χ1v) is 7.93. The largest absolute Gasteiger partial charge is 0.294 e. The van der Waals surface area contributed by atoms with E-state index in [-0.39, 0.29) is 5.78 Å². The van der Waals surface area contributed by atoms with Gasteiger partial charge in [-0.3, -0.25) is 4.79 Å². The fourth-order valence-electron chi connectivity index (χ4n) is 2.29. The molecule has 0 fully saturated rings. The van der Waals surface area contributed by atoms with E-state index < -0.39 is 0 Å². The van der Waals surface area contributed by atoms with Crippen molar-refractivity contribution in [3.8, 4) is 0 Å². The Balaban J connectivity index is 1.79. The lowest BCUT2D eigenvalue weighted by molar-refractivity contribution is 0.0993. The highest BCUT2D eigenvalue weighted by Crippen LogP contribution is 2.23. The van der Waals surface area contributed by atoms with Crippen LogP contribution in [0.5, 0.6) is 0 Å².